The van der Waals surface area contributed by atoms with Gasteiger partial charge in [-0.25, -0.2) is 0 Å². The average Bonchev–Trinajstić information content (AvgIpc) is 3.02. The molecule has 1 aromatic heterocycles. The molecule has 1 aromatic rings. The van der Waals surface area contributed by atoms with Crippen LogP contribution in [0.15, 0.2) is 6.20 Å². The van der Waals surface area contributed by atoms with Crippen LogP contribution in [0.3, 0.4) is 0 Å². The first-order chi connectivity index (χ1) is 7.57. The number of aryl methyl sites for hydroxylation is 1. The standard InChI is InChI=1S/C11H11N3O2/c1-7-8(14-9(12-2)6-13-7)5-11(3-4-11)10(15)16/h6H,3-5H2,1H3,(H,15,16). The Balaban J connectivity index is 2.28. The maximum Gasteiger partial charge on any atom is 0.310 e. The molecular weight excluding hydrogens is 206 g/mol. The number of hydrogen-bond donors (Lipinski definition) is 1. The third-order valence-electron chi connectivity index (χ3n) is 2.97. The van der Waals surface area contributed by atoms with Gasteiger partial charge in [0.05, 0.1) is 17.3 Å². The number of carbonyl (C=O) groups is 1. The highest BCUT2D eigenvalue weighted by molar-refractivity contribution is 5.78. The van der Waals surface area contributed by atoms with Gasteiger partial charge in [0, 0.05) is 6.42 Å². The van der Waals surface area contributed by atoms with Crippen molar-refractivity contribution in [2.24, 2.45) is 5.41 Å². The van der Waals surface area contributed by atoms with Crippen molar-refractivity contribution in [3.8, 4) is 0 Å². The second kappa shape index (κ2) is 3.56. The van der Waals surface area contributed by atoms with Gasteiger partial charge in [-0.1, -0.05) is 6.57 Å². The maximum absolute atomic E-state index is 11.0. The molecule has 82 valence electrons. The van der Waals surface area contributed by atoms with Gasteiger partial charge >= 0.3 is 5.97 Å². The highest BCUT2D eigenvalue weighted by atomic mass is 16.4. The van der Waals surface area contributed by atoms with Crippen LogP contribution in [0, 0.1) is 18.9 Å². The minimum atomic E-state index is -0.776. The van der Waals surface area contributed by atoms with Gasteiger partial charge in [-0.2, -0.15) is 0 Å². The molecule has 0 saturated heterocycles. The molecule has 1 heterocycles. The van der Waals surface area contributed by atoms with Gasteiger partial charge in [0.15, 0.2) is 5.69 Å². The Kier molecular flexibility index (Phi) is 2.35. The van der Waals surface area contributed by atoms with Crippen molar-refractivity contribution in [1.29, 1.82) is 0 Å². The molecular formula is C11H11N3O2. The third-order valence-corrected chi connectivity index (χ3v) is 2.97. The quantitative estimate of drug-likeness (QED) is 0.783. The Labute approximate surface area is 93.0 Å². The molecule has 5 nitrogen and oxygen atoms in total. The minimum Gasteiger partial charge on any atom is -0.481 e. The molecule has 1 fully saturated rings. The van der Waals surface area contributed by atoms with E-state index in [1.165, 1.54) is 6.20 Å². The summed E-state index contributed by atoms with van der Waals surface area (Å²) >= 11 is 0. The number of aliphatic carboxylic acids is 1. The molecule has 16 heavy (non-hydrogen) atoms. The lowest BCUT2D eigenvalue weighted by Crippen LogP contribution is -2.19. The summed E-state index contributed by atoms with van der Waals surface area (Å²) in [4.78, 5) is 22.4. The molecule has 0 spiro atoms. The molecule has 0 atom stereocenters. The molecule has 1 aliphatic carbocycles. The average molecular weight is 217 g/mol. The summed E-state index contributed by atoms with van der Waals surface area (Å²) in [6.45, 7) is 8.63. The van der Waals surface area contributed by atoms with Crippen LogP contribution in [-0.4, -0.2) is 21.0 Å². The molecule has 0 aliphatic heterocycles. The Bertz CT molecular complexity index is 486. The van der Waals surface area contributed by atoms with Gasteiger partial charge < -0.3 is 9.95 Å². The summed E-state index contributed by atoms with van der Waals surface area (Å²) in [7, 11) is 0. The summed E-state index contributed by atoms with van der Waals surface area (Å²) < 4.78 is 0. The van der Waals surface area contributed by atoms with Crippen LogP contribution in [0.1, 0.15) is 24.2 Å². The van der Waals surface area contributed by atoms with Crippen molar-refractivity contribution in [2.75, 3.05) is 0 Å². The van der Waals surface area contributed by atoms with Crippen LogP contribution in [0.5, 0.6) is 0 Å². The summed E-state index contributed by atoms with van der Waals surface area (Å²) in [5, 5.41) is 9.07. The topological polar surface area (TPSA) is 67.4 Å². The van der Waals surface area contributed by atoms with Gasteiger partial charge in [-0.05, 0) is 19.8 Å². The highest BCUT2D eigenvalue weighted by Gasteiger charge is 2.51. The number of carboxylic acid groups (broad SMARTS) is 1. The molecule has 0 aromatic carbocycles. The van der Waals surface area contributed by atoms with E-state index in [0.29, 0.717) is 30.7 Å². The molecule has 1 N–H and O–H groups in total. The van der Waals surface area contributed by atoms with Crippen molar-refractivity contribution in [1.82, 2.24) is 9.97 Å². The van der Waals surface area contributed by atoms with Crippen LogP contribution in [0.25, 0.3) is 4.85 Å². The van der Waals surface area contributed by atoms with Crippen LogP contribution in [0.4, 0.5) is 5.82 Å². The van der Waals surface area contributed by atoms with Crippen molar-refractivity contribution in [2.45, 2.75) is 26.2 Å². The molecule has 2 rings (SSSR count). The molecule has 0 bridgehead atoms. The lowest BCUT2D eigenvalue weighted by molar-refractivity contribution is -0.143. The minimum absolute atomic E-state index is 0.224. The Morgan fingerprint density at radius 2 is 2.38 bits per heavy atom. The monoisotopic (exact) mass is 217 g/mol. The normalized spacial score (nSPS) is 16.5. The predicted octanol–water partition coefficient (Wildman–Crippen LogP) is 1.74. The zero-order chi connectivity index (χ0) is 11.8. The Morgan fingerprint density at radius 1 is 1.69 bits per heavy atom. The molecule has 0 unspecified atom stereocenters. The predicted molar refractivity (Wildman–Crippen MR) is 56.0 cm³/mol. The van der Waals surface area contributed by atoms with E-state index >= 15 is 0 Å². The largest absolute Gasteiger partial charge is 0.481 e. The number of nitrogens with zero attached hydrogens (tertiary/aromatic N) is 3. The fourth-order valence-corrected chi connectivity index (χ4v) is 1.64. The van der Waals surface area contributed by atoms with Crippen molar-refractivity contribution < 1.29 is 9.90 Å². The smallest absolute Gasteiger partial charge is 0.310 e. The van der Waals surface area contributed by atoms with Crippen LogP contribution in [0.2, 0.25) is 0 Å². The second-order valence-corrected chi connectivity index (χ2v) is 4.13. The van der Waals surface area contributed by atoms with E-state index in [0.717, 1.165) is 0 Å². The first-order valence-electron chi connectivity index (χ1n) is 5.01. The van der Waals surface area contributed by atoms with E-state index in [-0.39, 0.29) is 5.82 Å². The Hall–Kier alpha value is -1.96. The lowest BCUT2D eigenvalue weighted by atomic mass is 9.99. The highest BCUT2D eigenvalue weighted by Crippen LogP contribution is 2.48. The van der Waals surface area contributed by atoms with Gasteiger partial charge in [-0.3, -0.25) is 9.78 Å². The van der Waals surface area contributed by atoms with Crippen LogP contribution < -0.4 is 0 Å². The number of hydrogen-bond acceptors (Lipinski definition) is 3. The molecule has 0 amide bonds. The molecule has 1 aliphatic rings. The summed E-state index contributed by atoms with van der Waals surface area (Å²) in [5.41, 5.74) is 0.688. The molecule has 1 saturated carbocycles. The summed E-state index contributed by atoms with van der Waals surface area (Å²) in [6.07, 6.45) is 3.16. The zero-order valence-electron chi connectivity index (χ0n) is 8.90. The second-order valence-electron chi connectivity index (χ2n) is 4.13. The zero-order valence-corrected chi connectivity index (χ0v) is 8.90. The molecule has 0 radical (unpaired) electrons. The van der Waals surface area contributed by atoms with Gasteiger partial charge in [0.1, 0.15) is 0 Å². The fourth-order valence-electron chi connectivity index (χ4n) is 1.64. The molecule has 5 heteroatoms. The van der Waals surface area contributed by atoms with E-state index in [2.05, 4.69) is 14.8 Å². The van der Waals surface area contributed by atoms with Gasteiger partial charge in [-0.15, -0.1) is 4.98 Å². The Morgan fingerprint density at radius 3 is 2.88 bits per heavy atom. The number of aromatic nitrogens is 2. The maximum atomic E-state index is 11.0. The number of carboxylic acids is 1. The van der Waals surface area contributed by atoms with Crippen molar-refractivity contribution in [3.05, 3.63) is 29.0 Å². The van der Waals surface area contributed by atoms with Gasteiger partial charge in [0.2, 0.25) is 0 Å². The van der Waals surface area contributed by atoms with Gasteiger partial charge in [0.25, 0.3) is 5.82 Å². The van der Waals surface area contributed by atoms with E-state index in [1.54, 1.807) is 6.92 Å². The fraction of sp³-hybridized carbons (Fsp3) is 0.455. The SMILES string of the molecule is [C-]#[N+]c1cnc(C)c(CC2(C(=O)O)CC2)n1. The van der Waals surface area contributed by atoms with E-state index in [9.17, 15) is 4.79 Å². The first kappa shape index (κ1) is 10.6. The lowest BCUT2D eigenvalue weighted by Gasteiger charge is -2.07. The summed E-state index contributed by atoms with van der Waals surface area (Å²) in [6, 6.07) is 0. The van der Waals surface area contributed by atoms with E-state index in [1.807, 2.05) is 0 Å². The summed E-state index contributed by atoms with van der Waals surface area (Å²) in [5.74, 6) is -0.552. The van der Waals surface area contributed by atoms with Crippen LogP contribution in [-0.2, 0) is 11.2 Å². The number of rotatable bonds is 3. The third kappa shape index (κ3) is 1.74. The van der Waals surface area contributed by atoms with Crippen molar-refractivity contribution >= 4 is 11.8 Å². The van der Waals surface area contributed by atoms with Crippen molar-refractivity contribution in [3.63, 3.8) is 0 Å². The van der Waals surface area contributed by atoms with E-state index < -0.39 is 11.4 Å². The van der Waals surface area contributed by atoms with Crippen LogP contribution >= 0.6 is 0 Å². The van der Waals surface area contributed by atoms with E-state index in [4.69, 9.17) is 11.7 Å². The first-order valence-corrected chi connectivity index (χ1v) is 5.01.